The number of alkyl halides is 2. The molecule has 1 aliphatic rings. The number of aliphatic hydroxyl groups is 1. The van der Waals surface area contributed by atoms with Gasteiger partial charge in [-0.25, -0.2) is 13.8 Å². The Balaban J connectivity index is 1.44. The molecule has 1 fully saturated rings. The standard InChI is InChI=1S/C25H21ClF2N2O4S/c1-2-33-20-9-17(7-8-19(20)34-13-24(32)11-25(27,28)12-24)30-14-29-18-10-21(35-22(18)23(30)31)15-3-5-16(26)6-4-15/h3-10,14,32H,2,11-13H2,1H3. The lowest BCUT2D eigenvalue weighted by atomic mass is 9.77. The molecule has 5 rings (SSSR count). The lowest BCUT2D eigenvalue weighted by molar-refractivity contribution is -0.215. The van der Waals surface area contributed by atoms with Crippen LogP contribution in [0.3, 0.4) is 0 Å². The second-order valence-electron chi connectivity index (χ2n) is 8.54. The van der Waals surface area contributed by atoms with Crippen molar-refractivity contribution in [1.82, 2.24) is 9.55 Å². The first-order valence-corrected chi connectivity index (χ1v) is 12.1. The van der Waals surface area contributed by atoms with E-state index in [4.69, 9.17) is 21.1 Å². The summed E-state index contributed by atoms with van der Waals surface area (Å²) in [5, 5.41) is 10.8. The van der Waals surface area contributed by atoms with Gasteiger partial charge in [0.05, 0.1) is 17.8 Å². The van der Waals surface area contributed by atoms with Crippen molar-refractivity contribution >= 4 is 33.2 Å². The normalized spacial score (nSPS) is 16.1. The van der Waals surface area contributed by atoms with Crippen LogP contribution >= 0.6 is 22.9 Å². The van der Waals surface area contributed by atoms with Crippen LogP contribution in [0.4, 0.5) is 8.78 Å². The highest BCUT2D eigenvalue weighted by atomic mass is 35.5. The van der Waals surface area contributed by atoms with E-state index in [0.29, 0.717) is 39.0 Å². The summed E-state index contributed by atoms with van der Waals surface area (Å²) in [6.45, 7) is 1.84. The highest BCUT2D eigenvalue weighted by Crippen LogP contribution is 2.46. The number of rotatable bonds is 7. The van der Waals surface area contributed by atoms with E-state index in [1.165, 1.54) is 22.2 Å². The Bertz CT molecular complexity index is 1440. The summed E-state index contributed by atoms with van der Waals surface area (Å²) in [5.74, 6) is -2.24. The average Bonchev–Trinajstić information content (AvgIpc) is 3.23. The molecule has 35 heavy (non-hydrogen) atoms. The fourth-order valence-corrected chi connectivity index (χ4v) is 5.28. The highest BCUT2D eigenvalue weighted by molar-refractivity contribution is 7.22. The Morgan fingerprint density at radius 2 is 1.86 bits per heavy atom. The van der Waals surface area contributed by atoms with Gasteiger partial charge >= 0.3 is 0 Å². The van der Waals surface area contributed by atoms with Gasteiger partial charge in [-0.15, -0.1) is 11.3 Å². The molecule has 1 saturated carbocycles. The molecule has 0 saturated heterocycles. The van der Waals surface area contributed by atoms with Crippen molar-refractivity contribution in [3.05, 3.63) is 70.2 Å². The molecule has 2 heterocycles. The van der Waals surface area contributed by atoms with Crippen LogP contribution < -0.4 is 15.0 Å². The Morgan fingerprint density at radius 3 is 2.54 bits per heavy atom. The van der Waals surface area contributed by atoms with Crippen molar-refractivity contribution < 1.29 is 23.4 Å². The van der Waals surface area contributed by atoms with Crippen LogP contribution in [0.25, 0.3) is 26.3 Å². The maximum Gasteiger partial charge on any atom is 0.275 e. The third kappa shape index (κ3) is 4.76. The minimum Gasteiger partial charge on any atom is -0.490 e. The van der Waals surface area contributed by atoms with Crippen LogP contribution in [0.15, 0.2) is 59.7 Å². The predicted molar refractivity (Wildman–Crippen MR) is 131 cm³/mol. The summed E-state index contributed by atoms with van der Waals surface area (Å²) in [5.41, 5.74) is 0.238. The van der Waals surface area contributed by atoms with Crippen molar-refractivity contribution in [2.45, 2.75) is 31.3 Å². The van der Waals surface area contributed by atoms with E-state index < -0.39 is 24.4 Å². The van der Waals surface area contributed by atoms with E-state index >= 15 is 0 Å². The van der Waals surface area contributed by atoms with E-state index in [9.17, 15) is 18.7 Å². The van der Waals surface area contributed by atoms with Crippen LogP contribution in [-0.4, -0.2) is 39.4 Å². The molecule has 0 spiro atoms. The molecular formula is C25H21ClF2N2O4S. The lowest BCUT2D eigenvalue weighted by Crippen LogP contribution is -2.55. The predicted octanol–water partition coefficient (Wildman–Crippen LogP) is 5.71. The molecule has 1 N–H and O–H groups in total. The second kappa shape index (κ2) is 8.89. The summed E-state index contributed by atoms with van der Waals surface area (Å²) in [6.07, 6.45) is 0.178. The maximum absolute atomic E-state index is 13.3. The van der Waals surface area contributed by atoms with Crippen molar-refractivity contribution in [2.24, 2.45) is 0 Å². The van der Waals surface area contributed by atoms with Crippen molar-refractivity contribution in [3.8, 4) is 27.6 Å². The fraction of sp³-hybridized carbons (Fsp3) is 0.280. The molecule has 0 atom stereocenters. The molecule has 4 aromatic rings. The first-order valence-electron chi connectivity index (χ1n) is 10.9. The molecule has 10 heteroatoms. The quantitative estimate of drug-likeness (QED) is 0.339. The van der Waals surface area contributed by atoms with Gasteiger partial charge in [0, 0.05) is 28.8 Å². The monoisotopic (exact) mass is 518 g/mol. The van der Waals surface area contributed by atoms with Crippen LogP contribution in [0.5, 0.6) is 11.5 Å². The van der Waals surface area contributed by atoms with E-state index in [-0.39, 0.29) is 12.2 Å². The van der Waals surface area contributed by atoms with Crippen molar-refractivity contribution in [2.75, 3.05) is 13.2 Å². The third-order valence-corrected chi connectivity index (χ3v) is 7.16. The summed E-state index contributed by atoms with van der Waals surface area (Å²) < 4.78 is 39.6. The van der Waals surface area contributed by atoms with Crippen molar-refractivity contribution in [1.29, 1.82) is 0 Å². The van der Waals surface area contributed by atoms with Gasteiger partial charge in [0.2, 0.25) is 0 Å². The Kier molecular flexibility index (Phi) is 6.03. The summed E-state index contributed by atoms with van der Waals surface area (Å²) in [6, 6.07) is 14.1. The van der Waals surface area contributed by atoms with Gasteiger partial charge in [-0.2, -0.15) is 0 Å². The summed E-state index contributed by atoms with van der Waals surface area (Å²) in [4.78, 5) is 18.6. The lowest BCUT2D eigenvalue weighted by Gasteiger charge is -2.42. The first-order chi connectivity index (χ1) is 16.7. The molecule has 2 aromatic carbocycles. The van der Waals surface area contributed by atoms with Gasteiger partial charge < -0.3 is 14.6 Å². The molecule has 2 aromatic heterocycles. The topological polar surface area (TPSA) is 73.6 Å². The molecule has 6 nitrogen and oxygen atoms in total. The van der Waals surface area contributed by atoms with Crippen LogP contribution in [0.2, 0.25) is 5.02 Å². The van der Waals surface area contributed by atoms with Gasteiger partial charge in [-0.3, -0.25) is 9.36 Å². The molecule has 0 aliphatic heterocycles. The Hall–Kier alpha value is -3.01. The van der Waals surface area contributed by atoms with Crippen molar-refractivity contribution in [3.63, 3.8) is 0 Å². The third-order valence-electron chi connectivity index (χ3n) is 5.74. The molecule has 0 amide bonds. The number of ether oxygens (including phenoxy) is 2. The number of nitrogens with zero attached hydrogens (tertiary/aromatic N) is 2. The minimum atomic E-state index is -2.87. The molecule has 0 radical (unpaired) electrons. The minimum absolute atomic E-state index is 0.234. The van der Waals surface area contributed by atoms with E-state index in [1.807, 2.05) is 18.2 Å². The highest BCUT2D eigenvalue weighted by Gasteiger charge is 2.56. The van der Waals surface area contributed by atoms with Crippen LogP contribution in [0, 0.1) is 0 Å². The molecule has 182 valence electrons. The Labute approximate surface area is 208 Å². The first kappa shape index (κ1) is 23.7. The number of fused-ring (bicyclic) bond motifs is 1. The van der Waals surface area contributed by atoms with Crippen LogP contribution in [0.1, 0.15) is 19.8 Å². The number of hydrogen-bond acceptors (Lipinski definition) is 6. The Morgan fingerprint density at radius 1 is 1.11 bits per heavy atom. The van der Waals surface area contributed by atoms with Gasteiger partial charge in [0.1, 0.15) is 23.2 Å². The summed E-state index contributed by atoms with van der Waals surface area (Å²) in [7, 11) is 0. The molecule has 0 bridgehead atoms. The second-order valence-corrected chi connectivity index (χ2v) is 10.0. The SMILES string of the molecule is CCOc1cc(-n2cnc3cc(-c4ccc(Cl)cc4)sc3c2=O)ccc1OCC1(O)CC(F)(F)C1. The summed E-state index contributed by atoms with van der Waals surface area (Å²) >= 11 is 7.32. The number of halogens is 3. The molecular weight excluding hydrogens is 498 g/mol. The number of hydrogen-bond donors (Lipinski definition) is 1. The zero-order chi connectivity index (χ0) is 24.8. The number of aromatic nitrogens is 2. The molecule has 0 unspecified atom stereocenters. The smallest absolute Gasteiger partial charge is 0.275 e. The van der Waals surface area contributed by atoms with Gasteiger partial charge in [-0.05, 0) is 42.8 Å². The van der Waals surface area contributed by atoms with E-state index in [0.717, 1.165) is 10.4 Å². The fourth-order valence-electron chi connectivity index (χ4n) is 4.11. The zero-order valence-electron chi connectivity index (χ0n) is 18.6. The average molecular weight is 519 g/mol. The van der Waals surface area contributed by atoms with Gasteiger partial charge in [0.25, 0.3) is 11.5 Å². The number of thiophene rings is 1. The zero-order valence-corrected chi connectivity index (χ0v) is 20.2. The van der Waals surface area contributed by atoms with Gasteiger partial charge in [0.15, 0.2) is 11.5 Å². The van der Waals surface area contributed by atoms with E-state index in [2.05, 4.69) is 4.98 Å². The largest absolute Gasteiger partial charge is 0.490 e. The number of benzene rings is 2. The van der Waals surface area contributed by atoms with Crippen LogP contribution in [-0.2, 0) is 0 Å². The maximum atomic E-state index is 13.3. The van der Waals surface area contributed by atoms with E-state index in [1.54, 1.807) is 37.3 Å². The molecule has 1 aliphatic carbocycles. The van der Waals surface area contributed by atoms with Gasteiger partial charge in [-0.1, -0.05) is 23.7 Å².